The lowest BCUT2D eigenvalue weighted by molar-refractivity contribution is -0.151. The SMILES string of the molecule is CC1=NC(=O)N(CCCN(C)C(=O)c2ccc(Oc3ccccc3)cc2)C(c2ccccc2Cl)C1C(=O)OC(C)C. The molecule has 0 fully saturated rings. The molecular weight excluding hydrogens is 542 g/mol. The summed E-state index contributed by atoms with van der Waals surface area (Å²) in [6.45, 7) is 5.85. The molecule has 1 aliphatic rings. The van der Waals surface area contributed by atoms with Gasteiger partial charge in [0.2, 0.25) is 0 Å². The average Bonchev–Trinajstić information content (AvgIpc) is 2.94. The number of ether oxygens (including phenoxy) is 2. The molecule has 2 unspecified atom stereocenters. The summed E-state index contributed by atoms with van der Waals surface area (Å²) >= 11 is 6.55. The van der Waals surface area contributed by atoms with Crippen LogP contribution >= 0.6 is 11.6 Å². The third-order valence-electron chi connectivity index (χ3n) is 6.77. The van der Waals surface area contributed by atoms with Gasteiger partial charge in [0, 0.05) is 36.4 Å². The monoisotopic (exact) mass is 575 g/mol. The van der Waals surface area contributed by atoms with Gasteiger partial charge >= 0.3 is 12.0 Å². The molecule has 0 saturated heterocycles. The van der Waals surface area contributed by atoms with Gasteiger partial charge in [-0.1, -0.05) is 48.0 Å². The maximum atomic E-state index is 13.2. The molecule has 0 N–H and O–H groups in total. The Bertz CT molecular complexity index is 1410. The molecule has 2 atom stereocenters. The maximum absolute atomic E-state index is 13.2. The number of hydrogen-bond donors (Lipinski definition) is 0. The first-order valence-corrected chi connectivity index (χ1v) is 13.9. The number of para-hydroxylation sites is 1. The summed E-state index contributed by atoms with van der Waals surface area (Å²) in [4.78, 5) is 46.7. The minimum absolute atomic E-state index is 0.156. The van der Waals surface area contributed by atoms with Gasteiger partial charge in [0.15, 0.2) is 0 Å². The van der Waals surface area contributed by atoms with Crippen molar-refractivity contribution in [1.82, 2.24) is 9.80 Å². The van der Waals surface area contributed by atoms with E-state index in [1.807, 2.05) is 42.5 Å². The Kier molecular flexibility index (Phi) is 9.78. The van der Waals surface area contributed by atoms with Crippen molar-refractivity contribution >= 4 is 35.2 Å². The number of amides is 3. The van der Waals surface area contributed by atoms with E-state index in [9.17, 15) is 14.4 Å². The number of nitrogens with zero attached hydrogens (tertiary/aromatic N) is 3. The highest BCUT2D eigenvalue weighted by Gasteiger charge is 2.43. The van der Waals surface area contributed by atoms with Gasteiger partial charge in [-0.2, -0.15) is 0 Å². The van der Waals surface area contributed by atoms with Gasteiger partial charge in [-0.05, 0) is 75.2 Å². The molecule has 3 aromatic rings. The number of carbonyl (C=O) groups is 3. The number of hydrogen-bond acceptors (Lipinski definition) is 5. The van der Waals surface area contributed by atoms with Gasteiger partial charge in [-0.15, -0.1) is 0 Å². The standard InChI is InChI=1S/C32H34ClN3O5/c1-21(2)40-31(38)28-22(3)34-32(39)36(29(28)26-13-8-9-14-27(26)33)20-10-19-35(4)30(37)23-15-17-25(18-16-23)41-24-11-6-5-7-12-24/h5-9,11-18,21,28-29H,10,19-20H2,1-4H3. The van der Waals surface area contributed by atoms with E-state index in [1.54, 1.807) is 74.0 Å². The van der Waals surface area contributed by atoms with Gasteiger partial charge < -0.3 is 19.3 Å². The molecule has 0 bridgehead atoms. The zero-order valence-electron chi connectivity index (χ0n) is 23.6. The first kappa shape index (κ1) is 29.8. The maximum Gasteiger partial charge on any atom is 0.344 e. The number of aliphatic imine (C=N–C) groups is 1. The second-order valence-electron chi connectivity index (χ2n) is 10.2. The van der Waals surface area contributed by atoms with Crippen molar-refractivity contribution < 1.29 is 23.9 Å². The van der Waals surface area contributed by atoms with Gasteiger partial charge in [0.05, 0.1) is 12.1 Å². The Balaban J connectivity index is 1.45. The molecular formula is C32H34ClN3O5. The van der Waals surface area contributed by atoms with Crippen molar-refractivity contribution in [2.45, 2.75) is 39.3 Å². The minimum atomic E-state index is -0.800. The lowest BCUT2D eigenvalue weighted by Gasteiger charge is -2.39. The Hall–Kier alpha value is -4.17. The predicted molar refractivity (Wildman–Crippen MR) is 159 cm³/mol. The van der Waals surface area contributed by atoms with Crippen LogP contribution < -0.4 is 4.74 Å². The topological polar surface area (TPSA) is 88.5 Å². The molecule has 3 aromatic carbocycles. The second-order valence-corrected chi connectivity index (χ2v) is 10.6. The highest BCUT2D eigenvalue weighted by Crippen LogP contribution is 2.38. The van der Waals surface area contributed by atoms with Crippen LogP contribution in [0, 0.1) is 5.92 Å². The Morgan fingerprint density at radius 1 is 0.976 bits per heavy atom. The smallest absolute Gasteiger partial charge is 0.344 e. The van der Waals surface area contributed by atoms with Gasteiger partial charge in [-0.25, -0.2) is 9.79 Å². The van der Waals surface area contributed by atoms with E-state index in [1.165, 1.54) is 0 Å². The fourth-order valence-corrected chi connectivity index (χ4v) is 5.05. The molecule has 41 heavy (non-hydrogen) atoms. The minimum Gasteiger partial charge on any atom is -0.462 e. The lowest BCUT2D eigenvalue weighted by atomic mass is 9.86. The molecule has 0 aliphatic carbocycles. The largest absolute Gasteiger partial charge is 0.462 e. The summed E-state index contributed by atoms with van der Waals surface area (Å²) in [7, 11) is 1.71. The van der Waals surface area contributed by atoms with Crippen LogP contribution in [0.15, 0.2) is 83.9 Å². The van der Waals surface area contributed by atoms with E-state index in [0.29, 0.717) is 46.3 Å². The number of urea groups is 1. The first-order valence-electron chi connectivity index (χ1n) is 13.5. The van der Waals surface area contributed by atoms with Crippen molar-refractivity contribution in [1.29, 1.82) is 0 Å². The fraction of sp³-hybridized carbons (Fsp3) is 0.312. The predicted octanol–water partition coefficient (Wildman–Crippen LogP) is 6.80. The highest BCUT2D eigenvalue weighted by atomic mass is 35.5. The van der Waals surface area contributed by atoms with Gasteiger partial charge in [0.25, 0.3) is 5.91 Å². The Labute approximate surface area is 245 Å². The molecule has 3 amide bonds. The fourth-order valence-electron chi connectivity index (χ4n) is 4.80. The van der Waals surface area contributed by atoms with Crippen LogP contribution in [0.2, 0.25) is 5.02 Å². The van der Waals surface area contributed by atoms with Crippen molar-refractivity contribution in [3.05, 3.63) is 95.0 Å². The highest BCUT2D eigenvalue weighted by molar-refractivity contribution is 6.31. The van der Waals surface area contributed by atoms with Crippen molar-refractivity contribution in [3.63, 3.8) is 0 Å². The summed E-state index contributed by atoms with van der Waals surface area (Å²) < 4.78 is 11.3. The van der Waals surface area contributed by atoms with Crippen molar-refractivity contribution in [3.8, 4) is 11.5 Å². The number of rotatable bonds is 10. The van der Waals surface area contributed by atoms with Gasteiger partial charge in [-0.3, -0.25) is 9.59 Å². The number of benzene rings is 3. The molecule has 8 nitrogen and oxygen atoms in total. The summed E-state index contributed by atoms with van der Waals surface area (Å²) in [5.74, 6) is -0.0749. The van der Waals surface area contributed by atoms with E-state index >= 15 is 0 Å². The lowest BCUT2D eigenvalue weighted by Crippen LogP contribution is -2.48. The Morgan fingerprint density at radius 2 is 1.61 bits per heavy atom. The number of halogens is 1. The quantitative estimate of drug-likeness (QED) is 0.248. The molecule has 4 rings (SSSR count). The van der Waals surface area contributed by atoms with Crippen LogP contribution in [0.1, 0.15) is 49.2 Å². The van der Waals surface area contributed by atoms with E-state index < -0.39 is 24.0 Å². The Morgan fingerprint density at radius 3 is 2.27 bits per heavy atom. The van der Waals surface area contributed by atoms with Crippen LogP contribution in [0.3, 0.4) is 0 Å². The molecule has 1 aliphatic heterocycles. The van der Waals surface area contributed by atoms with Crippen LogP contribution in [0.5, 0.6) is 11.5 Å². The summed E-state index contributed by atoms with van der Waals surface area (Å²) in [6.07, 6.45) is 0.136. The molecule has 9 heteroatoms. The zero-order chi connectivity index (χ0) is 29.5. The van der Waals surface area contributed by atoms with Crippen LogP contribution in [-0.2, 0) is 9.53 Å². The average molecular weight is 576 g/mol. The molecule has 0 radical (unpaired) electrons. The third kappa shape index (κ3) is 7.32. The molecule has 0 aromatic heterocycles. The van der Waals surface area contributed by atoms with Gasteiger partial charge in [0.1, 0.15) is 17.4 Å². The van der Waals surface area contributed by atoms with E-state index in [4.69, 9.17) is 21.1 Å². The van der Waals surface area contributed by atoms with Crippen LogP contribution in [0.4, 0.5) is 4.79 Å². The van der Waals surface area contributed by atoms with E-state index in [0.717, 1.165) is 0 Å². The normalized spacial score (nSPS) is 16.8. The van der Waals surface area contributed by atoms with Crippen LogP contribution in [-0.4, -0.2) is 59.7 Å². The summed E-state index contributed by atoms with van der Waals surface area (Å²) in [5, 5.41) is 0.444. The van der Waals surface area contributed by atoms with Crippen molar-refractivity contribution in [2.75, 3.05) is 20.1 Å². The van der Waals surface area contributed by atoms with E-state index in [-0.39, 0.29) is 18.6 Å². The molecule has 0 saturated carbocycles. The third-order valence-corrected chi connectivity index (χ3v) is 7.11. The van der Waals surface area contributed by atoms with Crippen molar-refractivity contribution in [2.24, 2.45) is 10.9 Å². The van der Waals surface area contributed by atoms with E-state index in [2.05, 4.69) is 4.99 Å². The first-order chi connectivity index (χ1) is 19.7. The zero-order valence-corrected chi connectivity index (χ0v) is 24.4. The van der Waals surface area contributed by atoms with Crippen LogP contribution in [0.25, 0.3) is 0 Å². The number of esters is 1. The molecule has 1 heterocycles. The molecule has 0 spiro atoms. The molecule has 214 valence electrons. The number of carbonyl (C=O) groups excluding carboxylic acids is 3. The summed E-state index contributed by atoms with van der Waals surface area (Å²) in [6, 6.07) is 22.4. The summed E-state index contributed by atoms with van der Waals surface area (Å²) in [5.41, 5.74) is 1.55. The second kappa shape index (κ2) is 13.5.